The Hall–Kier alpha value is -2.82. The number of rotatable bonds is 3. The second-order valence-corrected chi connectivity index (χ2v) is 5.15. The molecule has 0 spiro atoms. The summed E-state index contributed by atoms with van der Waals surface area (Å²) in [5.74, 6) is 0.269. The van der Waals surface area contributed by atoms with Gasteiger partial charge in [-0.05, 0) is 24.3 Å². The second kappa shape index (κ2) is 5.89. The van der Waals surface area contributed by atoms with Crippen LogP contribution in [0, 0.1) is 0 Å². The summed E-state index contributed by atoms with van der Waals surface area (Å²) >= 11 is 0. The highest BCUT2D eigenvalue weighted by atomic mass is 16.5. The lowest BCUT2D eigenvalue weighted by molar-refractivity contribution is -0.121. The van der Waals surface area contributed by atoms with E-state index in [1.54, 1.807) is 0 Å². The van der Waals surface area contributed by atoms with Crippen LogP contribution in [0.1, 0.15) is 5.56 Å². The Morgan fingerprint density at radius 1 is 1.05 bits per heavy atom. The van der Waals surface area contributed by atoms with Gasteiger partial charge >= 0.3 is 0 Å². The predicted octanol–water partition coefficient (Wildman–Crippen LogP) is 2.48. The van der Waals surface area contributed by atoms with Crippen molar-refractivity contribution in [3.05, 3.63) is 60.2 Å². The fraction of sp³-hybridized carbons (Fsp3) is 0.176. The first-order valence-corrected chi connectivity index (χ1v) is 7.03. The van der Waals surface area contributed by atoms with Gasteiger partial charge in [0.2, 0.25) is 5.90 Å². The number of para-hydroxylation sites is 2. The van der Waals surface area contributed by atoms with E-state index < -0.39 is 0 Å². The number of benzene rings is 2. The Kier molecular flexibility index (Phi) is 3.78. The number of amides is 1. The van der Waals surface area contributed by atoms with Crippen LogP contribution in [0.5, 0.6) is 0 Å². The highest BCUT2D eigenvalue weighted by Gasteiger charge is 2.25. The molecule has 1 aliphatic heterocycles. The van der Waals surface area contributed by atoms with Crippen molar-refractivity contribution in [2.75, 3.05) is 30.6 Å². The van der Waals surface area contributed by atoms with Gasteiger partial charge in [-0.2, -0.15) is 5.01 Å². The Labute approximate surface area is 129 Å². The molecule has 5 heteroatoms. The molecule has 2 aromatic rings. The first kappa shape index (κ1) is 14.1. The largest absolute Gasteiger partial charge is 0.466 e. The molecule has 0 atom stereocenters. The SMILES string of the molecule is CN(C)c1ccccc1C1=NN(c2ccccc2)C(=O)CO1. The number of ether oxygens (including phenoxy) is 1. The highest BCUT2D eigenvalue weighted by Crippen LogP contribution is 2.23. The van der Waals surface area contributed by atoms with Gasteiger partial charge in [-0.1, -0.05) is 30.3 Å². The quantitative estimate of drug-likeness (QED) is 0.874. The fourth-order valence-corrected chi connectivity index (χ4v) is 2.31. The highest BCUT2D eigenvalue weighted by molar-refractivity contribution is 6.06. The van der Waals surface area contributed by atoms with Crippen molar-refractivity contribution in [2.24, 2.45) is 5.10 Å². The molecule has 0 radical (unpaired) electrons. The molecule has 0 saturated carbocycles. The van der Waals surface area contributed by atoms with Gasteiger partial charge in [0.15, 0.2) is 6.61 Å². The lowest BCUT2D eigenvalue weighted by Gasteiger charge is -2.25. The third-order valence-corrected chi connectivity index (χ3v) is 3.38. The van der Waals surface area contributed by atoms with Crippen molar-refractivity contribution in [3.63, 3.8) is 0 Å². The molecule has 0 unspecified atom stereocenters. The molecule has 5 nitrogen and oxygen atoms in total. The van der Waals surface area contributed by atoms with Gasteiger partial charge in [0.25, 0.3) is 5.91 Å². The Bertz CT molecular complexity index is 711. The molecule has 0 fully saturated rings. The van der Waals surface area contributed by atoms with Crippen molar-refractivity contribution in [3.8, 4) is 0 Å². The van der Waals surface area contributed by atoms with Crippen LogP contribution >= 0.6 is 0 Å². The van der Waals surface area contributed by atoms with Gasteiger partial charge in [-0.3, -0.25) is 4.79 Å². The summed E-state index contributed by atoms with van der Waals surface area (Å²) in [4.78, 5) is 14.1. The number of carbonyl (C=O) groups excluding carboxylic acids is 1. The zero-order valence-electron chi connectivity index (χ0n) is 12.6. The second-order valence-electron chi connectivity index (χ2n) is 5.15. The third-order valence-electron chi connectivity index (χ3n) is 3.38. The van der Waals surface area contributed by atoms with Crippen molar-refractivity contribution in [1.29, 1.82) is 0 Å². The lowest BCUT2D eigenvalue weighted by atomic mass is 10.1. The summed E-state index contributed by atoms with van der Waals surface area (Å²) in [5, 5.41) is 5.79. The van der Waals surface area contributed by atoms with E-state index in [4.69, 9.17) is 4.74 Å². The Morgan fingerprint density at radius 3 is 2.45 bits per heavy atom. The van der Waals surface area contributed by atoms with E-state index >= 15 is 0 Å². The molecule has 112 valence electrons. The van der Waals surface area contributed by atoms with Crippen LogP contribution < -0.4 is 9.91 Å². The van der Waals surface area contributed by atoms with Crippen LogP contribution in [0.15, 0.2) is 59.7 Å². The number of nitrogens with zero attached hydrogens (tertiary/aromatic N) is 3. The molecular formula is C17H17N3O2. The van der Waals surface area contributed by atoms with Crippen LogP contribution in [0.3, 0.4) is 0 Å². The first-order chi connectivity index (χ1) is 10.7. The average molecular weight is 295 g/mol. The summed E-state index contributed by atoms with van der Waals surface area (Å²) in [6.45, 7) is -0.0184. The van der Waals surface area contributed by atoms with E-state index in [1.165, 1.54) is 5.01 Å². The Morgan fingerprint density at radius 2 is 1.73 bits per heavy atom. The number of anilines is 2. The lowest BCUT2D eigenvalue weighted by Crippen LogP contribution is -2.37. The molecule has 22 heavy (non-hydrogen) atoms. The molecule has 3 rings (SSSR count). The number of hydrogen-bond donors (Lipinski definition) is 0. The summed E-state index contributed by atoms with van der Waals surface area (Å²) in [7, 11) is 3.92. The minimum Gasteiger partial charge on any atom is -0.466 e. The molecule has 0 aliphatic carbocycles. The third kappa shape index (κ3) is 2.65. The summed E-state index contributed by atoms with van der Waals surface area (Å²) < 4.78 is 5.55. The molecule has 1 heterocycles. The van der Waals surface area contributed by atoms with E-state index in [2.05, 4.69) is 5.10 Å². The smallest absolute Gasteiger partial charge is 0.285 e. The molecule has 0 N–H and O–H groups in total. The maximum Gasteiger partial charge on any atom is 0.285 e. The standard InChI is InChI=1S/C17H17N3O2/c1-19(2)15-11-7-6-10-14(15)17-18-20(16(21)12-22-17)13-8-4-3-5-9-13/h3-11H,12H2,1-2H3. The minimum absolute atomic E-state index is 0.0184. The first-order valence-electron chi connectivity index (χ1n) is 7.03. The molecular weight excluding hydrogens is 278 g/mol. The van der Waals surface area contributed by atoms with Crippen molar-refractivity contribution in [1.82, 2.24) is 0 Å². The predicted molar refractivity (Wildman–Crippen MR) is 87.2 cm³/mol. The van der Waals surface area contributed by atoms with E-state index in [1.807, 2.05) is 73.6 Å². The van der Waals surface area contributed by atoms with Gasteiger partial charge in [0, 0.05) is 19.8 Å². The minimum atomic E-state index is -0.183. The Balaban J connectivity index is 2.03. The number of hydrogen-bond acceptors (Lipinski definition) is 4. The number of hydrazone groups is 1. The molecule has 0 bridgehead atoms. The van der Waals surface area contributed by atoms with Gasteiger partial charge in [-0.15, -0.1) is 5.10 Å². The van der Waals surface area contributed by atoms with Crippen molar-refractivity contribution < 1.29 is 9.53 Å². The van der Waals surface area contributed by atoms with E-state index in [-0.39, 0.29) is 12.5 Å². The van der Waals surface area contributed by atoms with Gasteiger partial charge in [0.1, 0.15) is 0 Å². The van der Waals surface area contributed by atoms with E-state index in [0.717, 1.165) is 16.9 Å². The van der Waals surface area contributed by atoms with Gasteiger partial charge in [-0.25, -0.2) is 0 Å². The summed E-state index contributed by atoms with van der Waals surface area (Å²) in [6.07, 6.45) is 0. The van der Waals surface area contributed by atoms with Crippen LogP contribution in [0.2, 0.25) is 0 Å². The van der Waals surface area contributed by atoms with Crippen LogP contribution in [0.4, 0.5) is 11.4 Å². The summed E-state index contributed by atoms with van der Waals surface area (Å²) in [5.41, 5.74) is 2.58. The zero-order chi connectivity index (χ0) is 15.5. The van der Waals surface area contributed by atoms with Crippen LogP contribution in [-0.2, 0) is 9.53 Å². The van der Waals surface area contributed by atoms with Crippen LogP contribution in [-0.4, -0.2) is 32.5 Å². The van der Waals surface area contributed by atoms with E-state index in [9.17, 15) is 4.79 Å². The molecule has 0 aromatic heterocycles. The molecule has 2 aromatic carbocycles. The monoisotopic (exact) mass is 295 g/mol. The van der Waals surface area contributed by atoms with Crippen molar-refractivity contribution in [2.45, 2.75) is 0 Å². The molecule has 1 amide bonds. The normalized spacial score (nSPS) is 14.4. The number of carbonyl (C=O) groups is 1. The maximum atomic E-state index is 12.1. The van der Waals surface area contributed by atoms with Crippen molar-refractivity contribution >= 4 is 23.2 Å². The fourth-order valence-electron chi connectivity index (χ4n) is 2.31. The van der Waals surface area contributed by atoms with Crippen LogP contribution in [0.25, 0.3) is 0 Å². The average Bonchev–Trinajstić information content (AvgIpc) is 2.56. The zero-order valence-corrected chi connectivity index (χ0v) is 12.6. The van der Waals surface area contributed by atoms with Gasteiger partial charge < -0.3 is 9.64 Å². The molecule has 1 aliphatic rings. The summed E-state index contributed by atoms with van der Waals surface area (Å²) in [6, 6.07) is 17.2. The maximum absolute atomic E-state index is 12.1. The topological polar surface area (TPSA) is 45.1 Å². The van der Waals surface area contributed by atoms with E-state index in [0.29, 0.717) is 5.90 Å². The van der Waals surface area contributed by atoms with Gasteiger partial charge in [0.05, 0.1) is 11.3 Å². The molecule has 0 saturated heterocycles.